The number of rotatable bonds is 6. The quantitative estimate of drug-likeness (QED) is 0.550. The number of para-hydroxylation sites is 1. The Hall–Kier alpha value is -1.02. The van der Waals surface area contributed by atoms with Crippen molar-refractivity contribution in [3.63, 3.8) is 0 Å². The van der Waals surface area contributed by atoms with Gasteiger partial charge in [-0.15, -0.1) is 0 Å². The minimum Gasteiger partial charge on any atom is -0.493 e. The summed E-state index contributed by atoms with van der Waals surface area (Å²) >= 11 is 5.22. The van der Waals surface area contributed by atoms with Gasteiger partial charge in [-0.25, -0.2) is 0 Å². The second-order valence-corrected chi connectivity index (χ2v) is 3.69. The molecule has 0 saturated heterocycles. The van der Waals surface area contributed by atoms with Crippen molar-refractivity contribution in [1.29, 1.82) is 0 Å². The molecule has 82 valence electrons. The predicted molar refractivity (Wildman–Crippen MR) is 61.4 cm³/mol. The van der Waals surface area contributed by atoms with E-state index < -0.39 is 0 Å². The van der Waals surface area contributed by atoms with E-state index in [9.17, 15) is 4.79 Å². The summed E-state index contributed by atoms with van der Waals surface area (Å²) in [6.07, 6.45) is 1.99. The molecule has 0 unspecified atom stereocenters. The van der Waals surface area contributed by atoms with Gasteiger partial charge in [0, 0.05) is 6.42 Å². The third-order valence-electron chi connectivity index (χ3n) is 2.13. The summed E-state index contributed by atoms with van der Waals surface area (Å²) in [5.41, 5.74) is 1.19. The van der Waals surface area contributed by atoms with Crippen LogP contribution >= 0.6 is 11.6 Å². The summed E-state index contributed by atoms with van der Waals surface area (Å²) < 4.78 is 5.57. The van der Waals surface area contributed by atoms with Crippen LogP contribution in [0.15, 0.2) is 24.3 Å². The van der Waals surface area contributed by atoms with Crippen molar-refractivity contribution in [2.45, 2.75) is 26.2 Å². The van der Waals surface area contributed by atoms with E-state index in [1.807, 2.05) is 24.3 Å². The molecule has 2 nitrogen and oxygen atoms in total. The van der Waals surface area contributed by atoms with Gasteiger partial charge in [0.25, 0.3) is 0 Å². The molecule has 3 heteroatoms. The highest BCUT2D eigenvalue weighted by molar-refractivity contribution is 6.63. The fraction of sp³-hybridized carbons (Fsp3) is 0.417. The molecular weight excluding hydrogens is 212 g/mol. The van der Waals surface area contributed by atoms with E-state index in [1.54, 1.807) is 0 Å². The Kier molecular flexibility index (Phi) is 5.19. The molecule has 0 fully saturated rings. The highest BCUT2D eigenvalue weighted by Crippen LogP contribution is 2.18. The lowest BCUT2D eigenvalue weighted by molar-refractivity contribution is -0.111. The molecule has 0 atom stereocenters. The van der Waals surface area contributed by atoms with Crippen molar-refractivity contribution in [3.8, 4) is 5.75 Å². The number of ether oxygens (including phenoxy) is 1. The average molecular weight is 227 g/mol. The van der Waals surface area contributed by atoms with Gasteiger partial charge in [0.1, 0.15) is 5.75 Å². The van der Waals surface area contributed by atoms with Gasteiger partial charge in [-0.05, 0) is 36.1 Å². The van der Waals surface area contributed by atoms with Crippen molar-refractivity contribution in [1.82, 2.24) is 0 Å². The maximum Gasteiger partial charge on any atom is 0.221 e. The van der Waals surface area contributed by atoms with E-state index in [-0.39, 0.29) is 5.24 Å². The molecule has 0 aliphatic heterocycles. The Bertz CT molecular complexity index is 323. The van der Waals surface area contributed by atoms with Gasteiger partial charge in [0.05, 0.1) is 6.61 Å². The summed E-state index contributed by atoms with van der Waals surface area (Å²) in [4.78, 5) is 10.5. The molecule has 0 aromatic heterocycles. The highest BCUT2D eigenvalue weighted by atomic mass is 35.5. The second-order valence-electron chi connectivity index (χ2n) is 3.27. The monoisotopic (exact) mass is 226 g/mol. The first-order valence-corrected chi connectivity index (χ1v) is 5.51. The van der Waals surface area contributed by atoms with Gasteiger partial charge in [-0.2, -0.15) is 0 Å². The minimum absolute atomic E-state index is 0.303. The van der Waals surface area contributed by atoms with E-state index in [0.29, 0.717) is 19.4 Å². The summed E-state index contributed by atoms with van der Waals surface area (Å²) in [5.74, 6) is 0.905. The molecule has 15 heavy (non-hydrogen) atoms. The van der Waals surface area contributed by atoms with Crippen LogP contribution in [0, 0.1) is 0 Å². The summed E-state index contributed by atoms with van der Waals surface area (Å²) in [5, 5.41) is -0.303. The number of aryl methyl sites for hydroxylation is 1. The predicted octanol–water partition coefficient (Wildman–Crippen LogP) is 3.17. The number of halogens is 1. The molecule has 0 radical (unpaired) electrons. The molecule has 0 aliphatic carbocycles. The molecule has 0 N–H and O–H groups in total. The summed E-state index contributed by atoms with van der Waals surface area (Å²) in [6.45, 7) is 2.62. The van der Waals surface area contributed by atoms with Gasteiger partial charge in [-0.3, -0.25) is 4.79 Å². The summed E-state index contributed by atoms with van der Waals surface area (Å²) in [7, 11) is 0. The number of hydrogen-bond donors (Lipinski definition) is 0. The standard InChI is InChI=1S/C12H15ClO2/c1-2-10-6-3-4-7-11(10)15-9-5-8-12(13)14/h3-4,6-7H,2,5,8-9H2,1H3. The van der Waals surface area contributed by atoms with Crippen molar-refractivity contribution >= 4 is 16.8 Å². The molecular formula is C12H15ClO2. The lowest BCUT2D eigenvalue weighted by Crippen LogP contribution is -2.01. The van der Waals surface area contributed by atoms with Crippen LogP contribution < -0.4 is 4.74 Å². The normalized spacial score (nSPS) is 10.0. The number of carbonyl (C=O) groups is 1. The summed E-state index contributed by atoms with van der Waals surface area (Å²) in [6, 6.07) is 7.93. The maximum atomic E-state index is 10.5. The third kappa shape index (κ3) is 4.34. The van der Waals surface area contributed by atoms with Crippen LogP contribution in [0.4, 0.5) is 0 Å². The van der Waals surface area contributed by atoms with E-state index in [4.69, 9.17) is 16.3 Å². The Labute approximate surface area is 95.2 Å². The van der Waals surface area contributed by atoms with Crippen LogP contribution in [-0.2, 0) is 11.2 Å². The van der Waals surface area contributed by atoms with Gasteiger partial charge >= 0.3 is 0 Å². The smallest absolute Gasteiger partial charge is 0.221 e. The zero-order chi connectivity index (χ0) is 11.1. The SMILES string of the molecule is CCc1ccccc1OCCCC(=O)Cl. The highest BCUT2D eigenvalue weighted by Gasteiger charge is 2.01. The van der Waals surface area contributed by atoms with E-state index in [0.717, 1.165) is 12.2 Å². The molecule has 0 spiro atoms. The number of carbonyl (C=O) groups excluding carboxylic acids is 1. The lowest BCUT2D eigenvalue weighted by Gasteiger charge is -2.09. The Balaban J connectivity index is 2.39. The first kappa shape index (κ1) is 12.1. The zero-order valence-corrected chi connectivity index (χ0v) is 9.59. The van der Waals surface area contributed by atoms with E-state index in [1.165, 1.54) is 5.56 Å². The zero-order valence-electron chi connectivity index (χ0n) is 8.83. The van der Waals surface area contributed by atoms with E-state index >= 15 is 0 Å². The third-order valence-corrected chi connectivity index (χ3v) is 2.32. The first-order valence-electron chi connectivity index (χ1n) is 5.13. The Morgan fingerprint density at radius 3 is 2.80 bits per heavy atom. The van der Waals surface area contributed by atoms with Crippen molar-refractivity contribution in [3.05, 3.63) is 29.8 Å². The van der Waals surface area contributed by atoms with Crippen LogP contribution in [-0.4, -0.2) is 11.8 Å². The minimum atomic E-state index is -0.303. The van der Waals surface area contributed by atoms with Crippen molar-refractivity contribution in [2.75, 3.05) is 6.61 Å². The molecule has 0 saturated carbocycles. The van der Waals surface area contributed by atoms with Crippen LogP contribution in [0.25, 0.3) is 0 Å². The van der Waals surface area contributed by atoms with Crippen LogP contribution in [0.2, 0.25) is 0 Å². The number of hydrogen-bond acceptors (Lipinski definition) is 2. The van der Waals surface area contributed by atoms with E-state index in [2.05, 4.69) is 6.92 Å². The topological polar surface area (TPSA) is 26.3 Å². The molecule has 1 aromatic rings. The average Bonchev–Trinajstić information content (AvgIpc) is 2.24. The maximum absolute atomic E-state index is 10.5. The van der Waals surface area contributed by atoms with Crippen LogP contribution in [0.5, 0.6) is 5.75 Å². The lowest BCUT2D eigenvalue weighted by atomic mass is 10.1. The fourth-order valence-electron chi connectivity index (χ4n) is 1.33. The van der Waals surface area contributed by atoms with Gasteiger partial charge in [0.2, 0.25) is 5.24 Å². The molecule has 0 aliphatic rings. The number of benzene rings is 1. The van der Waals surface area contributed by atoms with Crippen LogP contribution in [0.1, 0.15) is 25.3 Å². The van der Waals surface area contributed by atoms with Gasteiger partial charge < -0.3 is 4.74 Å². The van der Waals surface area contributed by atoms with Crippen molar-refractivity contribution in [2.24, 2.45) is 0 Å². The molecule has 1 aromatic carbocycles. The molecule has 0 bridgehead atoms. The molecule has 0 amide bonds. The van der Waals surface area contributed by atoms with Crippen molar-refractivity contribution < 1.29 is 9.53 Å². The molecule has 0 heterocycles. The fourth-order valence-corrected chi connectivity index (χ4v) is 1.46. The largest absolute Gasteiger partial charge is 0.493 e. The molecule has 1 rings (SSSR count). The second kappa shape index (κ2) is 6.46. The Morgan fingerprint density at radius 2 is 2.13 bits per heavy atom. The van der Waals surface area contributed by atoms with Gasteiger partial charge in [-0.1, -0.05) is 25.1 Å². The Morgan fingerprint density at radius 1 is 1.40 bits per heavy atom. The van der Waals surface area contributed by atoms with Crippen LogP contribution in [0.3, 0.4) is 0 Å². The first-order chi connectivity index (χ1) is 7.24. The van der Waals surface area contributed by atoms with Gasteiger partial charge in [0.15, 0.2) is 0 Å².